The van der Waals surface area contributed by atoms with Crippen molar-refractivity contribution in [1.29, 1.82) is 0 Å². The summed E-state index contributed by atoms with van der Waals surface area (Å²) >= 11 is 1.38. The lowest BCUT2D eigenvalue weighted by Gasteiger charge is -2.17. The van der Waals surface area contributed by atoms with Crippen molar-refractivity contribution in [1.82, 2.24) is 4.90 Å². The molecule has 0 aromatic heterocycles. The van der Waals surface area contributed by atoms with Crippen LogP contribution in [-0.2, 0) is 4.79 Å². The summed E-state index contributed by atoms with van der Waals surface area (Å²) in [5, 5.41) is 9.14. The van der Waals surface area contributed by atoms with Crippen LogP contribution in [0.3, 0.4) is 0 Å². The third kappa shape index (κ3) is 5.51. The molecule has 0 aliphatic carbocycles. The number of hydrogen-bond donors (Lipinski definition) is 1. The number of benzene rings is 1. The fourth-order valence-corrected chi connectivity index (χ4v) is 2.13. The molecule has 0 saturated heterocycles. The van der Waals surface area contributed by atoms with Gasteiger partial charge in [-0.2, -0.15) is 0 Å². The van der Waals surface area contributed by atoms with Gasteiger partial charge in [0.1, 0.15) is 5.82 Å². The SMILES string of the molecule is CC(O)CCN(C)C(=O)CSc1ccc(F)cc1. The predicted octanol–water partition coefficient (Wildman–Crippen LogP) is 2.15. The van der Waals surface area contributed by atoms with E-state index in [9.17, 15) is 9.18 Å². The van der Waals surface area contributed by atoms with Gasteiger partial charge >= 0.3 is 0 Å². The lowest BCUT2D eigenvalue weighted by molar-refractivity contribution is -0.127. The Labute approximate surface area is 111 Å². The highest BCUT2D eigenvalue weighted by Gasteiger charge is 2.10. The van der Waals surface area contributed by atoms with Gasteiger partial charge in [-0.25, -0.2) is 4.39 Å². The minimum absolute atomic E-state index is 0.00461. The molecule has 0 bridgehead atoms. The number of hydrogen-bond acceptors (Lipinski definition) is 3. The molecule has 1 aromatic rings. The fourth-order valence-electron chi connectivity index (χ4n) is 1.29. The van der Waals surface area contributed by atoms with Gasteiger partial charge in [0.05, 0.1) is 11.9 Å². The summed E-state index contributed by atoms with van der Waals surface area (Å²) in [7, 11) is 1.72. The monoisotopic (exact) mass is 271 g/mol. The van der Waals surface area contributed by atoms with E-state index >= 15 is 0 Å². The molecular weight excluding hydrogens is 253 g/mol. The minimum Gasteiger partial charge on any atom is -0.393 e. The average Bonchev–Trinajstić information content (AvgIpc) is 2.34. The molecule has 3 nitrogen and oxygen atoms in total. The van der Waals surface area contributed by atoms with Crippen LogP contribution in [0.15, 0.2) is 29.2 Å². The number of thioether (sulfide) groups is 1. The number of amides is 1. The molecule has 5 heteroatoms. The Kier molecular flexibility index (Phi) is 6.15. The lowest BCUT2D eigenvalue weighted by Crippen LogP contribution is -2.30. The third-order valence-electron chi connectivity index (χ3n) is 2.48. The van der Waals surface area contributed by atoms with E-state index in [2.05, 4.69) is 0 Å². The van der Waals surface area contributed by atoms with Gasteiger partial charge in [0.15, 0.2) is 0 Å². The van der Waals surface area contributed by atoms with Crippen molar-refractivity contribution in [2.24, 2.45) is 0 Å². The van der Waals surface area contributed by atoms with Crippen LogP contribution >= 0.6 is 11.8 Å². The van der Waals surface area contributed by atoms with Crippen molar-refractivity contribution < 1.29 is 14.3 Å². The van der Waals surface area contributed by atoms with E-state index in [1.807, 2.05) is 0 Å². The molecule has 18 heavy (non-hydrogen) atoms. The van der Waals surface area contributed by atoms with Crippen molar-refractivity contribution >= 4 is 17.7 Å². The van der Waals surface area contributed by atoms with E-state index in [-0.39, 0.29) is 11.7 Å². The maximum Gasteiger partial charge on any atom is 0.232 e. The van der Waals surface area contributed by atoms with E-state index in [0.29, 0.717) is 18.7 Å². The van der Waals surface area contributed by atoms with Crippen LogP contribution in [0.2, 0.25) is 0 Å². The van der Waals surface area contributed by atoms with E-state index in [4.69, 9.17) is 5.11 Å². The van der Waals surface area contributed by atoms with Crippen molar-refractivity contribution in [3.8, 4) is 0 Å². The molecule has 1 atom stereocenters. The lowest BCUT2D eigenvalue weighted by atomic mass is 10.3. The molecule has 1 unspecified atom stereocenters. The number of aliphatic hydroxyl groups excluding tert-OH is 1. The molecule has 100 valence electrons. The maximum absolute atomic E-state index is 12.7. The second-order valence-corrected chi connectivity index (χ2v) is 5.24. The second-order valence-electron chi connectivity index (χ2n) is 4.20. The van der Waals surface area contributed by atoms with Gasteiger partial charge in [-0.05, 0) is 37.6 Å². The van der Waals surface area contributed by atoms with Gasteiger partial charge in [0, 0.05) is 18.5 Å². The van der Waals surface area contributed by atoms with Crippen LogP contribution in [0.25, 0.3) is 0 Å². The second kappa shape index (κ2) is 7.38. The number of carbonyl (C=O) groups is 1. The molecule has 0 aliphatic heterocycles. The molecule has 0 spiro atoms. The average molecular weight is 271 g/mol. The smallest absolute Gasteiger partial charge is 0.232 e. The first-order valence-corrected chi connectivity index (χ1v) is 6.78. The Morgan fingerprint density at radius 3 is 2.61 bits per heavy atom. The van der Waals surface area contributed by atoms with Gasteiger partial charge in [-0.3, -0.25) is 4.79 Å². The Bertz CT molecular complexity index is 381. The van der Waals surface area contributed by atoms with Crippen LogP contribution in [0.1, 0.15) is 13.3 Å². The van der Waals surface area contributed by atoms with Crippen LogP contribution in [0, 0.1) is 5.82 Å². The highest BCUT2D eigenvalue weighted by molar-refractivity contribution is 8.00. The van der Waals surface area contributed by atoms with Crippen LogP contribution in [0.5, 0.6) is 0 Å². The largest absolute Gasteiger partial charge is 0.393 e. The Hall–Kier alpha value is -1.07. The van der Waals surface area contributed by atoms with Gasteiger partial charge < -0.3 is 10.0 Å². The first-order chi connectivity index (χ1) is 8.49. The van der Waals surface area contributed by atoms with E-state index in [1.165, 1.54) is 23.9 Å². The molecule has 0 saturated carbocycles. The molecule has 1 N–H and O–H groups in total. The first-order valence-electron chi connectivity index (χ1n) is 5.79. The number of nitrogens with zero attached hydrogens (tertiary/aromatic N) is 1. The molecule has 0 radical (unpaired) electrons. The summed E-state index contributed by atoms with van der Waals surface area (Å²) in [5.74, 6) is 0.0479. The predicted molar refractivity (Wildman–Crippen MR) is 71.1 cm³/mol. The number of aliphatic hydroxyl groups is 1. The van der Waals surface area contributed by atoms with Crippen LogP contribution in [0.4, 0.5) is 4.39 Å². The number of rotatable bonds is 6. The van der Waals surface area contributed by atoms with Crippen LogP contribution < -0.4 is 0 Å². The molecule has 0 heterocycles. The number of carbonyl (C=O) groups excluding carboxylic acids is 1. The molecule has 1 aromatic carbocycles. The van der Waals surface area contributed by atoms with E-state index < -0.39 is 6.10 Å². The standard InChI is InChI=1S/C13H18FNO2S/c1-10(16)7-8-15(2)13(17)9-18-12-5-3-11(14)4-6-12/h3-6,10,16H,7-9H2,1-2H3. The van der Waals surface area contributed by atoms with Crippen molar-refractivity contribution in [3.63, 3.8) is 0 Å². The summed E-state index contributed by atoms with van der Waals surface area (Å²) in [4.78, 5) is 14.2. The highest BCUT2D eigenvalue weighted by Crippen LogP contribution is 2.18. The Balaban J connectivity index is 2.34. The van der Waals surface area contributed by atoms with Crippen molar-refractivity contribution in [2.45, 2.75) is 24.3 Å². The molecule has 0 fully saturated rings. The summed E-state index contributed by atoms with van der Waals surface area (Å²) in [6.45, 7) is 2.24. The molecule has 1 amide bonds. The Morgan fingerprint density at radius 1 is 1.44 bits per heavy atom. The number of halogens is 1. The van der Waals surface area contributed by atoms with E-state index in [1.54, 1.807) is 31.0 Å². The van der Waals surface area contributed by atoms with Gasteiger partial charge in [-0.1, -0.05) is 0 Å². The zero-order valence-corrected chi connectivity index (χ0v) is 11.4. The summed E-state index contributed by atoms with van der Waals surface area (Å²) in [5.41, 5.74) is 0. The van der Waals surface area contributed by atoms with Crippen molar-refractivity contribution in [3.05, 3.63) is 30.1 Å². The Morgan fingerprint density at radius 2 is 2.06 bits per heavy atom. The normalized spacial score (nSPS) is 12.2. The summed E-state index contributed by atoms with van der Waals surface area (Å²) in [6, 6.07) is 6.07. The van der Waals surface area contributed by atoms with Crippen LogP contribution in [-0.4, -0.2) is 41.4 Å². The van der Waals surface area contributed by atoms with Gasteiger partial charge in [-0.15, -0.1) is 11.8 Å². The zero-order chi connectivity index (χ0) is 13.5. The zero-order valence-electron chi connectivity index (χ0n) is 10.6. The van der Waals surface area contributed by atoms with Crippen molar-refractivity contribution in [2.75, 3.05) is 19.3 Å². The van der Waals surface area contributed by atoms with Gasteiger partial charge in [0.25, 0.3) is 0 Å². The highest BCUT2D eigenvalue weighted by atomic mass is 32.2. The quantitative estimate of drug-likeness (QED) is 0.806. The first kappa shape index (κ1) is 15.0. The topological polar surface area (TPSA) is 40.5 Å². The fraction of sp³-hybridized carbons (Fsp3) is 0.462. The van der Waals surface area contributed by atoms with Gasteiger partial charge in [0.2, 0.25) is 5.91 Å². The summed E-state index contributed by atoms with van der Waals surface area (Å²) < 4.78 is 12.7. The molecule has 1 rings (SSSR count). The maximum atomic E-state index is 12.7. The minimum atomic E-state index is -0.398. The molecular formula is C13H18FNO2S. The summed E-state index contributed by atoms with van der Waals surface area (Å²) in [6.07, 6.45) is 0.175. The third-order valence-corrected chi connectivity index (χ3v) is 3.48. The molecule has 0 aliphatic rings. The van der Waals surface area contributed by atoms with E-state index in [0.717, 1.165) is 4.90 Å².